The van der Waals surface area contributed by atoms with Crippen molar-refractivity contribution in [3.05, 3.63) is 126 Å². The molecule has 8 rings (SSSR count). The van der Waals surface area contributed by atoms with Crippen LogP contribution in [-0.2, 0) is 9.57 Å². The molecule has 2 heterocycles. The van der Waals surface area contributed by atoms with Crippen LogP contribution in [0.15, 0.2) is 120 Å². The van der Waals surface area contributed by atoms with Gasteiger partial charge in [0.25, 0.3) is 5.91 Å². The van der Waals surface area contributed by atoms with E-state index in [0.29, 0.717) is 60.2 Å². The van der Waals surface area contributed by atoms with E-state index in [-0.39, 0.29) is 50.3 Å². The molecule has 0 bridgehead atoms. The van der Waals surface area contributed by atoms with Gasteiger partial charge in [-0.1, -0.05) is 72.6 Å². The van der Waals surface area contributed by atoms with Gasteiger partial charge in [-0.25, -0.2) is 0 Å². The molecule has 6 atom stereocenters. The van der Waals surface area contributed by atoms with Crippen molar-refractivity contribution in [1.82, 2.24) is 4.90 Å². The topological polar surface area (TPSA) is 129 Å². The monoisotopic (exact) mass is 828 g/mol. The van der Waals surface area contributed by atoms with Crippen LogP contribution in [0, 0.1) is 17.8 Å². The van der Waals surface area contributed by atoms with Gasteiger partial charge in [0, 0.05) is 43.7 Å². The van der Waals surface area contributed by atoms with Gasteiger partial charge in [0.1, 0.15) is 29.9 Å². The lowest BCUT2D eigenvalue weighted by molar-refractivity contribution is -0.252. The Hall–Kier alpha value is -5.62. The molecule has 0 unspecified atom stereocenters. The lowest BCUT2D eigenvalue weighted by atomic mass is 9.55. The first-order chi connectivity index (χ1) is 29.9. The number of hydrogen-bond donors (Lipinski definition) is 2. The maximum Gasteiger partial charge on any atom is 0.254 e. The molecule has 0 saturated heterocycles. The lowest BCUT2D eigenvalue weighted by Gasteiger charge is -2.59. The van der Waals surface area contributed by atoms with Crippen LogP contribution >= 0.6 is 0 Å². The number of aliphatic hydroxyl groups excluding tert-OH is 2. The van der Waals surface area contributed by atoms with Crippen LogP contribution in [0.1, 0.15) is 73.7 Å². The molecule has 0 spiro atoms. The molecule has 320 valence electrons. The molecule has 2 aliphatic heterocycles. The summed E-state index contributed by atoms with van der Waals surface area (Å²) >= 11 is 0. The van der Waals surface area contributed by atoms with Crippen molar-refractivity contribution in [1.29, 1.82) is 0 Å². The molecule has 61 heavy (non-hydrogen) atoms. The van der Waals surface area contributed by atoms with Gasteiger partial charge in [-0.2, -0.15) is 0 Å². The molecule has 0 aromatic heterocycles. The number of rotatable bonds is 18. The minimum absolute atomic E-state index is 0.0794. The van der Waals surface area contributed by atoms with Gasteiger partial charge in [-0.05, 0) is 110 Å². The van der Waals surface area contributed by atoms with Crippen molar-refractivity contribution < 1.29 is 43.5 Å². The number of carbonyl (C=O) groups excluding carboxylic acids is 1. The lowest BCUT2D eigenvalue weighted by Crippen LogP contribution is -2.69. The molecule has 1 saturated carbocycles. The third kappa shape index (κ3) is 8.51. The number of hydrogen-bond acceptors (Lipinski definition) is 10. The van der Waals surface area contributed by atoms with Crippen LogP contribution in [-0.4, -0.2) is 78.8 Å². The molecular weight excluding hydrogens is 773 g/mol. The Morgan fingerprint density at radius 3 is 2.36 bits per heavy atom. The predicted octanol–water partition coefficient (Wildman–Crippen LogP) is 9.30. The van der Waals surface area contributed by atoms with E-state index in [2.05, 4.69) is 43.0 Å². The van der Waals surface area contributed by atoms with Gasteiger partial charge in [-0.15, -0.1) is 6.58 Å². The van der Waals surface area contributed by atoms with E-state index in [0.717, 1.165) is 53.7 Å². The molecule has 2 aliphatic carbocycles. The number of carbonyl (C=O) groups is 1. The number of unbranched alkanes of at least 4 members (excludes halogenated alkanes) is 2. The van der Waals surface area contributed by atoms with Crippen molar-refractivity contribution in [3.63, 3.8) is 0 Å². The quantitative estimate of drug-likeness (QED) is 0.0573. The fraction of sp³-hybridized carbons (Fsp3) is 0.400. The van der Waals surface area contributed by atoms with Crippen molar-refractivity contribution >= 4 is 11.6 Å². The van der Waals surface area contributed by atoms with E-state index in [1.807, 2.05) is 49.4 Å². The van der Waals surface area contributed by atoms with Gasteiger partial charge in [0.05, 0.1) is 18.2 Å². The first-order valence-electron chi connectivity index (χ1n) is 21.6. The summed E-state index contributed by atoms with van der Waals surface area (Å²) in [4.78, 5) is 22.2. The highest BCUT2D eigenvalue weighted by Crippen LogP contribution is 2.62. The van der Waals surface area contributed by atoms with Crippen LogP contribution in [0.2, 0.25) is 0 Å². The standard InChI is InChI=1S/C50H56N2O9/c1-4-27-58-50-46(52(3)49(55)36-19-23-44-45(29-36)57-32-56-44)31-42(51-59-5-2)40-28-35(15-9-11-25-53)39(16-10-12-26-54)47(48(40)50)41-30-38(22-24-43(41)61-50)60-37-20-17-34(18-21-37)33-13-7-6-8-14-33/h4,6-8,13-14,17-24,28-30,35,39,46-48,53-54H,1,5,9-12,15-16,25-27,31-32H2,2-3H3/t35-,39+,46-,47+,48+,50+/m0/s1. The molecule has 4 aliphatic rings. The zero-order chi connectivity index (χ0) is 42.3. The number of oxime groups is 1. The number of ether oxygens (including phenoxy) is 5. The SMILES string of the molecule is C=CCO[C@@]12Oc3ccc(Oc4ccc(-c5ccccc5)cc4)cc3[C@H]3[C@H](CCCCO)[C@@H](CCCCO)C=C(C(=NOCC)C[C@@H]1N(C)C(=O)c1ccc4c(c1)OCO4)[C@H]32. The van der Waals surface area contributed by atoms with E-state index in [1.54, 1.807) is 36.2 Å². The summed E-state index contributed by atoms with van der Waals surface area (Å²) in [6, 6.07) is 28.9. The zero-order valence-corrected chi connectivity index (χ0v) is 35.0. The molecule has 0 radical (unpaired) electrons. The van der Waals surface area contributed by atoms with Crippen LogP contribution in [0.25, 0.3) is 11.1 Å². The van der Waals surface area contributed by atoms with E-state index < -0.39 is 17.7 Å². The molecule has 11 heteroatoms. The Bertz CT molecular complexity index is 2220. The van der Waals surface area contributed by atoms with Crippen LogP contribution in [0.4, 0.5) is 0 Å². The van der Waals surface area contributed by atoms with Crippen molar-refractivity contribution in [2.45, 2.75) is 69.6 Å². The third-order valence-electron chi connectivity index (χ3n) is 12.6. The van der Waals surface area contributed by atoms with E-state index in [9.17, 15) is 15.0 Å². The summed E-state index contributed by atoms with van der Waals surface area (Å²) in [6.07, 6.45) is 9.05. The summed E-state index contributed by atoms with van der Waals surface area (Å²) in [5.74, 6) is 1.10. The van der Waals surface area contributed by atoms with Crippen LogP contribution in [0.5, 0.6) is 28.7 Å². The number of aliphatic hydroxyl groups is 2. The Balaban J connectivity index is 1.26. The third-order valence-corrected chi connectivity index (χ3v) is 12.6. The number of benzene rings is 4. The number of nitrogens with zero attached hydrogens (tertiary/aromatic N) is 2. The molecule has 11 nitrogen and oxygen atoms in total. The highest BCUT2D eigenvalue weighted by atomic mass is 16.7. The minimum atomic E-state index is -1.37. The normalized spacial score (nSPS) is 23.9. The van der Waals surface area contributed by atoms with E-state index in [4.69, 9.17) is 33.7 Å². The molecule has 1 fully saturated rings. The van der Waals surface area contributed by atoms with Crippen molar-refractivity contribution in [3.8, 4) is 39.9 Å². The molecule has 1 amide bonds. The smallest absolute Gasteiger partial charge is 0.254 e. The zero-order valence-electron chi connectivity index (χ0n) is 35.0. The average molecular weight is 829 g/mol. The average Bonchev–Trinajstić information content (AvgIpc) is 3.77. The number of amides is 1. The second kappa shape index (κ2) is 19.0. The first-order valence-corrected chi connectivity index (χ1v) is 21.6. The Labute approximate surface area is 358 Å². The van der Waals surface area contributed by atoms with Crippen LogP contribution in [0.3, 0.4) is 0 Å². The summed E-state index contributed by atoms with van der Waals surface area (Å²) in [5.41, 5.74) is 5.36. The summed E-state index contributed by atoms with van der Waals surface area (Å²) in [6.45, 7) is 6.79. The first kappa shape index (κ1) is 42.1. The van der Waals surface area contributed by atoms with E-state index in [1.165, 1.54) is 0 Å². The Kier molecular flexibility index (Phi) is 13.1. The maximum atomic E-state index is 14.7. The van der Waals surface area contributed by atoms with E-state index >= 15 is 0 Å². The predicted molar refractivity (Wildman–Crippen MR) is 233 cm³/mol. The summed E-state index contributed by atoms with van der Waals surface area (Å²) in [5, 5.41) is 24.6. The Morgan fingerprint density at radius 1 is 0.885 bits per heavy atom. The highest BCUT2D eigenvalue weighted by molar-refractivity contribution is 6.03. The summed E-state index contributed by atoms with van der Waals surface area (Å²) < 4.78 is 32.1. The Morgan fingerprint density at radius 2 is 1.61 bits per heavy atom. The number of fused-ring (bicyclic) bond motifs is 3. The van der Waals surface area contributed by atoms with Gasteiger partial charge in [-0.3, -0.25) is 4.79 Å². The van der Waals surface area contributed by atoms with Crippen LogP contribution < -0.4 is 18.9 Å². The fourth-order valence-corrected chi connectivity index (χ4v) is 9.79. The van der Waals surface area contributed by atoms with Crippen molar-refractivity contribution in [2.24, 2.45) is 22.9 Å². The number of allylic oxidation sites excluding steroid dienone is 1. The fourth-order valence-electron chi connectivity index (χ4n) is 9.79. The molecule has 4 aromatic carbocycles. The molecular formula is C50H56N2O9. The number of likely N-dealkylation sites (N-methyl/N-ethyl adjacent to an activating group) is 1. The van der Waals surface area contributed by atoms with Gasteiger partial charge in [0.2, 0.25) is 12.6 Å². The summed E-state index contributed by atoms with van der Waals surface area (Å²) in [7, 11) is 1.79. The van der Waals surface area contributed by atoms with Crippen molar-refractivity contribution in [2.75, 3.05) is 40.3 Å². The highest BCUT2D eigenvalue weighted by Gasteiger charge is 2.65. The van der Waals surface area contributed by atoms with Gasteiger partial charge < -0.3 is 43.6 Å². The van der Waals surface area contributed by atoms with Gasteiger partial charge in [0.15, 0.2) is 11.5 Å². The van der Waals surface area contributed by atoms with Gasteiger partial charge >= 0.3 is 0 Å². The second-order valence-corrected chi connectivity index (χ2v) is 16.2. The minimum Gasteiger partial charge on any atom is -0.459 e. The molecule has 2 N–H and O–H groups in total. The molecule has 4 aromatic rings. The largest absolute Gasteiger partial charge is 0.459 e. The maximum absolute atomic E-state index is 14.7. The second-order valence-electron chi connectivity index (χ2n) is 16.2.